The molecule has 1 aromatic carbocycles. The number of allylic oxidation sites excluding steroid dienone is 1. The second-order valence-corrected chi connectivity index (χ2v) is 6.85. The Bertz CT molecular complexity index is 544. The molecule has 0 aromatic heterocycles. The second kappa shape index (κ2) is 7.59. The van der Waals surface area contributed by atoms with E-state index in [1.54, 1.807) is 0 Å². The van der Waals surface area contributed by atoms with Crippen molar-refractivity contribution in [3.63, 3.8) is 0 Å². The van der Waals surface area contributed by atoms with Crippen LogP contribution in [0.4, 0.5) is 0 Å². The van der Waals surface area contributed by atoms with Crippen molar-refractivity contribution in [3.8, 4) is 0 Å². The van der Waals surface area contributed by atoms with Gasteiger partial charge in [-0.25, -0.2) is 0 Å². The third-order valence-corrected chi connectivity index (χ3v) is 4.31. The molecule has 0 bridgehead atoms. The van der Waals surface area contributed by atoms with Crippen LogP contribution in [0.1, 0.15) is 48.7 Å². The van der Waals surface area contributed by atoms with Gasteiger partial charge in [0.05, 0.1) is 0 Å². The number of hydrogen-bond donors (Lipinski definition) is 1. The first kappa shape index (κ1) is 18.4. The average molecular weight is 302 g/mol. The quantitative estimate of drug-likeness (QED) is 0.617. The predicted molar refractivity (Wildman–Crippen MR) is 94.5 cm³/mol. The molecule has 3 nitrogen and oxygen atoms in total. The number of hydrogen-bond acceptors (Lipinski definition) is 2. The fourth-order valence-corrected chi connectivity index (χ4v) is 2.37. The maximum Gasteiger partial charge on any atom is 0.251 e. The Morgan fingerprint density at radius 1 is 1.32 bits per heavy atom. The van der Waals surface area contributed by atoms with Crippen LogP contribution in [0.15, 0.2) is 30.4 Å². The number of aryl methyl sites for hydroxylation is 1. The van der Waals surface area contributed by atoms with Crippen LogP contribution in [-0.2, 0) is 5.41 Å². The van der Waals surface area contributed by atoms with E-state index in [-0.39, 0.29) is 11.3 Å². The van der Waals surface area contributed by atoms with Crippen LogP contribution in [0.2, 0.25) is 0 Å². The zero-order chi connectivity index (χ0) is 16.9. The Balaban J connectivity index is 2.85. The maximum atomic E-state index is 12.3. The van der Waals surface area contributed by atoms with Crippen LogP contribution >= 0.6 is 0 Å². The van der Waals surface area contributed by atoms with Gasteiger partial charge >= 0.3 is 0 Å². The lowest BCUT2D eigenvalue weighted by Crippen LogP contribution is -2.28. The van der Waals surface area contributed by atoms with Gasteiger partial charge in [0, 0.05) is 17.5 Å². The van der Waals surface area contributed by atoms with Crippen molar-refractivity contribution in [2.24, 2.45) is 0 Å². The fourth-order valence-electron chi connectivity index (χ4n) is 2.37. The number of nitrogens with one attached hydrogen (secondary N) is 1. The van der Waals surface area contributed by atoms with Gasteiger partial charge in [0.2, 0.25) is 0 Å². The lowest BCUT2D eigenvalue weighted by atomic mass is 9.76. The molecule has 0 saturated heterocycles. The largest absolute Gasteiger partial charge is 0.352 e. The standard InChI is InChI=1S/C19H30N2O/c1-14(2)19(4,5)17-13-16(10-9-15(17)3)18(22)20-11-8-12-21(6)7/h9-10,13H,1,8,11-12H2,2-7H3,(H,20,22). The molecule has 1 aromatic rings. The molecule has 0 aliphatic heterocycles. The smallest absolute Gasteiger partial charge is 0.251 e. The van der Waals surface area contributed by atoms with Crippen molar-refractivity contribution >= 4 is 5.91 Å². The highest BCUT2D eigenvalue weighted by Crippen LogP contribution is 2.32. The molecule has 1 N–H and O–H groups in total. The van der Waals surface area contributed by atoms with Gasteiger partial charge in [0.15, 0.2) is 0 Å². The molecule has 1 amide bonds. The van der Waals surface area contributed by atoms with Crippen molar-refractivity contribution < 1.29 is 4.79 Å². The van der Waals surface area contributed by atoms with Gasteiger partial charge in [-0.15, -0.1) is 0 Å². The van der Waals surface area contributed by atoms with Crippen LogP contribution in [0, 0.1) is 6.92 Å². The van der Waals surface area contributed by atoms with Crippen molar-refractivity contribution in [2.75, 3.05) is 27.2 Å². The normalized spacial score (nSPS) is 11.6. The lowest BCUT2D eigenvalue weighted by molar-refractivity contribution is 0.0952. The minimum absolute atomic E-state index is 0.00229. The van der Waals surface area contributed by atoms with E-state index in [4.69, 9.17) is 0 Å². The van der Waals surface area contributed by atoms with E-state index in [9.17, 15) is 4.79 Å². The third kappa shape index (κ3) is 4.70. The summed E-state index contributed by atoms with van der Waals surface area (Å²) in [6, 6.07) is 5.93. The Hall–Kier alpha value is -1.61. The van der Waals surface area contributed by atoms with Gasteiger partial charge in [0.25, 0.3) is 5.91 Å². The van der Waals surface area contributed by atoms with Crippen molar-refractivity contribution in [2.45, 2.75) is 39.5 Å². The average Bonchev–Trinajstić information content (AvgIpc) is 2.43. The number of benzene rings is 1. The molecule has 22 heavy (non-hydrogen) atoms. The van der Waals surface area contributed by atoms with Gasteiger partial charge in [-0.05, 0) is 64.2 Å². The van der Waals surface area contributed by atoms with E-state index in [0.717, 1.165) is 24.1 Å². The van der Waals surface area contributed by atoms with E-state index in [1.165, 1.54) is 11.1 Å². The fraction of sp³-hybridized carbons (Fsp3) is 0.526. The SMILES string of the molecule is C=C(C)C(C)(C)c1cc(C(=O)NCCCN(C)C)ccc1C. The van der Waals surface area contributed by atoms with Gasteiger partial charge in [-0.1, -0.05) is 32.1 Å². The van der Waals surface area contributed by atoms with E-state index >= 15 is 0 Å². The van der Waals surface area contributed by atoms with Crippen LogP contribution in [0.3, 0.4) is 0 Å². The van der Waals surface area contributed by atoms with Crippen LogP contribution in [0.25, 0.3) is 0 Å². The molecule has 122 valence electrons. The molecule has 0 fully saturated rings. The number of rotatable bonds is 7. The van der Waals surface area contributed by atoms with Gasteiger partial charge < -0.3 is 10.2 Å². The maximum absolute atomic E-state index is 12.3. The molecule has 3 heteroatoms. The Morgan fingerprint density at radius 2 is 1.95 bits per heavy atom. The lowest BCUT2D eigenvalue weighted by Gasteiger charge is -2.28. The topological polar surface area (TPSA) is 32.3 Å². The predicted octanol–water partition coefficient (Wildman–Crippen LogP) is 3.53. The molecule has 0 unspecified atom stereocenters. The van der Waals surface area contributed by atoms with Crippen LogP contribution in [-0.4, -0.2) is 38.0 Å². The molecule has 1 rings (SSSR count). The Kier molecular flexibility index (Phi) is 6.36. The minimum atomic E-state index is -0.134. The highest BCUT2D eigenvalue weighted by molar-refractivity contribution is 5.94. The molecule has 0 aliphatic carbocycles. The second-order valence-electron chi connectivity index (χ2n) is 6.85. The highest BCUT2D eigenvalue weighted by atomic mass is 16.1. The summed E-state index contributed by atoms with van der Waals surface area (Å²) < 4.78 is 0. The van der Waals surface area contributed by atoms with Crippen molar-refractivity contribution in [3.05, 3.63) is 47.0 Å². The minimum Gasteiger partial charge on any atom is -0.352 e. The van der Waals surface area contributed by atoms with Crippen LogP contribution in [0.5, 0.6) is 0 Å². The number of nitrogens with zero attached hydrogens (tertiary/aromatic N) is 1. The van der Waals surface area contributed by atoms with E-state index < -0.39 is 0 Å². The summed E-state index contributed by atoms with van der Waals surface area (Å²) in [4.78, 5) is 14.4. The Labute approximate surface area is 135 Å². The van der Waals surface area contributed by atoms with Gasteiger partial charge in [-0.3, -0.25) is 4.79 Å². The molecular weight excluding hydrogens is 272 g/mol. The third-order valence-electron chi connectivity index (χ3n) is 4.31. The zero-order valence-electron chi connectivity index (χ0n) is 14.9. The summed E-state index contributed by atoms with van der Waals surface area (Å²) >= 11 is 0. The molecule has 0 radical (unpaired) electrons. The van der Waals surface area contributed by atoms with E-state index in [2.05, 4.69) is 37.6 Å². The summed E-state index contributed by atoms with van der Waals surface area (Å²) in [5.41, 5.74) is 4.04. The molecule has 0 heterocycles. The summed E-state index contributed by atoms with van der Waals surface area (Å²) in [5, 5.41) is 2.99. The monoisotopic (exact) mass is 302 g/mol. The summed E-state index contributed by atoms with van der Waals surface area (Å²) in [5.74, 6) is -0.00229. The van der Waals surface area contributed by atoms with E-state index in [0.29, 0.717) is 6.54 Å². The first-order valence-electron chi connectivity index (χ1n) is 7.86. The first-order chi connectivity index (χ1) is 10.2. The van der Waals surface area contributed by atoms with Crippen molar-refractivity contribution in [1.82, 2.24) is 10.2 Å². The highest BCUT2D eigenvalue weighted by Gasteiger charge is 2.24. The summed E-state index contributed by atoms with van der Waals surface area (Å²) in [6.45, 7) is 14.2. The molecule has 0 saturated carbocycles. The number of carbonyl (C=O) groups excluding carboxylic acids is 1. The number of amides is 1. The van der Waals surface area contributed by atoms with Crippen molar-refractivity contribution in [1.29, 1.82) is 0 Å². The molecule has 0 spiro atoms. The first-order valence-corrected chi connectivity index (χ1v) is 7.86. The van der Waals surface area contributed by atoms with Crippen LogP contribution < -0.4 is 5.32 Å². The number of carbonyl (C=O) groups is 1. The van der Waals surface area contributed by atoms with Gasteiger partial charge in [0.1, 0.15) is 0 Å². The summed E-state index contributed by atoms with van der Waals surface area (Å²) in [6.07, 6.45) is 0.953. The zero-order valence-corrected chi connectivity index (χ0v) is 14.9. The molecule has 0 aliphatic rings. The molecule has 0 atom stereocenters. The summed E-state index contributed by atoms with van der Waals surface area (Å²) in [7, 11) is 4.07. The molecular formula is C19H30N2O. The van der Waals surface area contributed by atoms with Gasteiger partial charge in [-0.2, -0.15) is 0 Å². The Morgan fingerprint density at radius 3 is 2.50 bits per heavy atom. The van der Waals surface area contributed by atoms with E-state index in [1.807, 2.05) is 39.2 Å².